The summed E-state index contributed by atoms with van der Waals surface area (Å²) in [6.45, 7) is 0. The first-order chi connectivity index (χ1) is 24.3. The molecule has 0 radical (unpaired) electrons. The van der Waals surface area contributed by atoms with E-state index in [0.717, 1.165) is 17.1 Å². The molecule has 0 bridgehead atoms. The molecule has 1 aliphatic rings. The molecule has 0 saturated heterocycles. The first-order valence-electron chi connectivity index (χ1n) is 16.7. The zero-order valence-electron chi connectivity index (χ0n) is 26.6. The Kier molecular flexibility index (Phi) is 6.39. The average molecular weight is 643 g/mol. The van der Waals surface area contributed by atoms with Crippen molar-refractivity contribution in [3.63, 3.8) is 0 Å². The smallest absolute Gasteiger partial charge is 0.0470 e. The molecule has 0 fully saturated rings. The summed E-state index contributed by atoms with van der Waals surface area (Å²) >= 11 is 1.89. The van der Waals surface area contributed by atoms with Crippen molar-refractivity contribution < 1.29 is 0 Å². The largest absolute Gasteiger partial charge is 0.354 e. The zero-order chi connectivity index (χ0) is 32.3. The van der Waals surface area contributed by atoms with E-state index >= 15 is 0 Å². The topological polar surface area (TPSA) is 15.3 Å². The molecule has 10 rings (SSSR count). The Labute approximate surface area is 289 Å². The van der Waals surface area contributed by atoms with Crippen molar-refractivity contribution in [3.05, 3.63) is 176 Å². The van der Waals surface area contributed by atoms with Crippen LogP contribution >= 0.6 is 11.3 Å². The highest BCUT2D eigenvalue weighted by Gasteiger charge is 2.23. The number of rotatable bonds is 5. The van der Waals surface area contributed by atoms with Crippen molar-refractivity contribution in [1.29, 1.82) is 0 Å². The summed E-state index contributed by atoms with van der Waals surface area (Å²) in [4.78, 5) is 2.35. The van der Waals surface area contributed by atoms with Gasteiger partial charge in [0.05, 0.1) is 0 Å². The molecule has 230 valence electrons. The minimum absolute atomic E-state index is 1.12. The third-order valence-corrected chi connectivity index (χ3v) is 10.8. The van der Waals surface area contributed by atoms with E-state index in [1.807, 2.05) is 11.3 Å². The van der Waals surface area contributed by atoms with Gasteiger partial charge in [-0.3, -0.25) is 0 Å². The van der Waals surface area contributed by atoms with Gasteiger partial charge in [0, 0.05) is 65.1 Å². The number of hydrogen-bond acceptors (Lipinski definition) is 3. The second-order valence-corrected chi connectivity index (χ2v) is 13.7. The summed E-state index contributed by atoms with van der Waals surface area (Å²) in [5.74, 6) is 0. The molecular weight excluding hydrogens is 613 g/mol. The maximum Gasteiger partial charge on any atom is 0.0470 e. The maximum atomic E-state index is 3.69. The molecule has 9 aromatic rings. The normalized spacial score (nSPS) is 11.8. The summed E-state index contributed by atoms with van der Waals surface area (Å²) in [5, 5.41) is 8.94. The highest BCUT2D eigenvalue weighted by molar-refractivity contribution is 7.26. The van der Waals surface area contributed by atoms with Crippen LogP contribution < -0.4 is 10.2 Å². The van der Waals surface area contributed by atoms with Gasteiger partial charge in [-0.1, -0.05) is 115 Å². The molecule has 0 saturated carbocycles. The van der Waals surface area contributed by atoms with Gasteiger partial charge in [-0.05, 0) is 88.3 Å². The van der Waals surface area contributed by atoms with Crippen LogP contribution in [0.15, 0.2) is 176 Å². The van der Waals surface area contributed by atoms with Gasteiger partial charge < -0.3 is 10.2 Å². The van der Waals surface area contributed by atoms with Crippen LogP contribution in [0.1, 0.15) is 0 Å². The molecule has 0 amide bonds. The lowest BCUT2D eigenvalue weighted by atomic mass is 9.89. The summed E-state index contributed by atoms with van der Waals surface area (Å²) in [7, 11) is 0. The van der Waals surface area contributed by atoms with Crippen molar-refractivity contribution in [2.45, 2.75) is 0 Å². The van der Waals surface area contributed by atoms with E-state index in [1.54, 1.807) is 0 Å². The highest BCUT2D eigenvalue weighted by atomic mass is 32.1. The molecule has 1 aliphatic heterocycles. The SMILES string of the molecule is c1ccc(-c2cccc(N(c3ccccc3)c3cccc(-c4ccc5c(c4)sc4cc6cccc7c6c(c45)-c4ccccc4N7)c3)c2)cc1. The van der Waals surface area contributed by atoms with Gasteiger partial charge in [0.1, 0.15) is 0 Å². The Balaban J connectivity index is 1.12. The fourth-order valence-electron chi connectivity index (χ4n) is 7.52. The minimum atomic E-state index is 1.12. The molecule has 8 aromatic carbocycles. The molecule has 0 atom stereocenters. The van der Waals surface area contributed by atoms with E-state index in [1.165, 1.54) is 75.7 Å². The van der Waals surface area contributed by atoms with Crippen LogP contribution in [-0.2, 0) is 0 Å². The van der Waals surface area contributed by atoms with Crippen LogP contribution in [0.3, 0.4) is 0 Å². The van der Waals surface area contributed by atoms with Crippen molar-refractivity contribution >= 4 is 70.7 Å². The van der Waals surface area contributed by atoms with E-state index in [-0.39, 0.29) is 0 Å². The number of thiophene rings is 1. The third kappa shape index (κ3) is 4.62. The second kappa shape index (κ2) is 11.2. The van der Waals surface area contributed by atoms with Gasteiger partial charge in [-0.25, -0.2) is 0 Å². The van der Waals surface area contributed by atoms with Crippen molar-refractivity contribution in [2.75, 3.05) is 10.2 Å². The molecule has 3 heteroatoms. The Morgan fingerprint density at radius 2 is 1.02 bits per heavy atom. The van der Waals surface area contributed by atoms with E-state index in [4.69, 9.17) is 0 Å². The first-order valence-corrected chi connectivity index (χ1v) is 17.5. The monoisotopic (exact) mass is 642 g/mol. The Morgan fingerprint density at radius 1 is 0.408 bits per heavy atom. The van der Waals surface area contributed by atoms with Crippen molar-refractivity contribution in [3.8, 4) is 33.4 Å². The lowest BCUT2D eigenvalue weighted by molar-refractivity contribution is 1.28. The number of nitrogens with zero attached hydrogens (tertiary/aromatic N) is 1. The Morgan fingerprint density at radius 3 is 1.82 bits per heavy atom. The Bertz CT molecular complexity index is 2690. The molecule has 2 heterocycles. The number of nitrogens with one attached hydrogen (secondary N) is 1. The molecule has 0 unspecified atom stereocenters. The predicted molar refractivity (Wildman–Crippen MR) is 211 cm³/mol. The van der Waals surface area contributed by atoms with Crippen LogP contribution in [0, 0.1) is 0 Å². The summed E-state index contributed by atoms with van der Waals surface area (Å²) in [6, 6.07) is 63.7. The Hall–Kier alpha value is -6.16. The number of hydrogen-bond donors (Lipinski definition) is 1. The summed E-state index contributed by atoms with van der Waals surface area (Å²) < 4.78 is 2.63. The van der Waals surface area contributed by atoms with Crippen LogP contribution in [0.25, 0.3) is 64.3 Å². The molecule has 1 aromatic heterocycles. The molecular formula is C46H30N2S. The quantitative estimate of drug-likeness (QED) is 0.201. The fourth-order valence-corrected chi connectivity index (χ4v) is 8.73. The van der Waals surface area contributed by atoms with Gasteiger partial charge in [0.25, 0.3) is 0 Å². The maximum absolute atomic E-state index is 3.69. The molecule has 1 N–H and O–H groups in total. The van der Waals surface area contributed by atoms with E-state index < -0.39 is 0 Å². The second-order valence-electron chi connectivity index (χ2n) is 12.6. The lowest BCUT2D eigenvalue weighted by Crippen LogP contribution is -2.10. The van der Waals surface area contributed by atoms with Crippen molar-refractivity contribution in [2.24, 2.45) is 0 Å². The molecule has 2 nitrogen and oxygen atoms in total. The minimum Gasteiger partial charge on any atom is -0.354 e. The molecule has 0 spiro atoms. The molecule has 49 heavy (non-hydrogen) atoms. The van der Waals surface area contributed by atoms with Gasteiger partial charge >= 0.3 is 0 Å². The zero-order valence-corrected chi connectivity index (χ0v) is 27.4. The van der Waals surface area contributed by atoms with Crippen LogP contribution in [0.4, 0.5) is 28.4 Å². The number of fused-ring (bicyclic) bond motifs is 6. The first kappa shape index (κ1) is 27.9. The third-order valence-electron chi connectivity index (χ3n) is 9.73. The highest BCUT2D eigenvalue weighted by Crippen LogP contribution is 2.51. The van der Waals surface area contributed by atoms with Gasteiger partial charge in [-0.2, -0.15) is 0 Å². The number of anilines is 5. The van der Waals surface area contributed by atoms with Crippen LogP contribution in [-0.4, -0.2) is 0 Å². The van der Waals surface area contributed by atoms with Gasteiger partial charge in [-0.15, -0.1) is 11.3 Å². The summed E-state index contributed by atoms with van der Waals surface area (Å²) in [5.41, 5.74) is 13.1. The van der Waals surface area contributed by atoms with E-state index in [2.05, 4.69) is 186 Å². The van der Waals surface area contributed by atoms with Gasteiger partial charge in [0.15, 0.2) is 0 Å². The van der Waals surface area contributed by atoms with Gasteiger partial charge in [0.2, 0.25) is 0 Å². The van der Waals surface area contributed by atoms with Crippen molar-refractivity contribution in [1.82, 2.24) is 0 Å². The summed E-state index contributed by atoms with van der Waals surface area (Å²) in [6.07, 6.45) is 0. The standard InChI is InChI=1S/C46H30N2S/c1-3-12-30(13-4-1)31-14-9-19-36(26-31)48(35-17-5-2-6-18-35)37-20-10-15-32(27-37)33-24-25-39-42(28-33)49-43-29-34-16-11-23-41-44(34)46(45(39)43)38-21-7-8-22-40(38)47-41/h1-29,47H. The number of para-hydroxylation sites is 2. The molecule has 0 aliphatic carbocycles. The number of benzene rings is 8. The lowest BCUT2D eigenvalue weighted by Gasteiger charge is -2.26. The fraction of sp³-hybridized carbons (Fsp3) is 0. The predicted octanol–water partition coefficient (Wildman–Crippen LogP) is 13.7. The van der Waals surface area contributed by atoms with Crippen LogP contribution in [0.2, 0.25) is 0 Å². The van der Waals surface area contributed by atoms with E-state index in [0.29, 0.717) is 0 Å². The average Bonchev–Trinajstić information content (AvgIpc) is 3.53. The van der Waals surface area contributed by atoms with E-state index in [9.17, 15) is 0 Å². The van der Waals surface area contributed by atoms with Crippen LogP contribution in [0.5, 0.6) is 0 Å².